The highest BCUT2D eigenvalue weighted by Gasteiger charge is 2.23. The van der Waals surface area contributed by atoms with Crippen LogP contribution in [0.15, 0.2) is 11.1 Å². The molecule has 0 radical (unpaired) electrons. The molecule has 0 saturated heterocycles. The van der Waals surface area contributed by atoms with Gasteiger partial charge in [0.1, 0.15) is 0 Å². The molecule has 5 nitrogen and oxygen atoms in total. The average molecular weight is 209 g/mol. The maximum atomic E-state index is 11.6. The molecular formula is C10H15N3O2. The van der Waals surface area contributed by atoms with E-state index in [0.29, 0.717) is 30.7 Å². The fraction of sp³-hybridized carbons (Fsp3) is 0.500. The number of hydrogen-bond donors (Lipinski definition) is 3. The Balaban J connectivity index is 3.06. The van der Waals surface area contributed by atoms with Gasteiger partial charge in [0.25, 0.3) is 0 Å². The molecule has 0 aromatic heterocycles. The molecule has 1 aliphatic rings. The van der Waals surface area contributed by atoms with Gasteiger partial charge in [-0.05, 0) is 19.9 Å². The first-order valence-electron chi connectivity index (χ1n) is 4.82. The molecule has 0 bridgehead atoms. The van der Waals surface area contributed by atoms with Crippen LogP contribution in [0.4, 0.5) is 0 Å². The van der Waals surface area contributed by atoms with E-state index >= 15 is 0 Å². The Kier molecular flexibility index (Phi) is 3.74. The minimum absolute atomic E-state index is 0.0323. The highest BCUT2D eigenvalue weighted by molar-refractivity contribution is 6.44. The summed E-state index contributed by atoms with van der Waals surface area (Å²) in [6.45, 7) is 2.50. The lowest BCUT2D eigenvalue weighted by atomic mass is 9.95. The molecule has 1 aliphatic heterocycles. The molecule has 0 aromatic carbocycles. The van der Waals surface area contributed by atoms with E-state index in [-0.39, 0.29) is 17.4 Å². The number of Topliss-reactive ketones (excluding diaryl/α,β-unsaturated/α-hetero) is 1. The number of carbonyl (C=O) groups is 2. The van der Waals surface area contributed by atoms with Crippen molar-refractivity contribution in [3.8, 4) is 0 Å². The van der Waals surface area contributed by atoms with Gasteiger partial charge in [0.15, 0.2) is 0 Å². The van der Waals surface area contributed by atoms with Gasteiger partial charge in [-0.15, -0.1) is 0 Å². The largest absolute Gasteiger partial charge is 0.355 e. The maximum absolute atomic E-state index is 11.6. The molecule has 3 N–H and O–H groups in total. The van der Waals surface area contributed by atoms with Crippen molar-refractivity contribution >= 4 is 17.4 Å². The summed E-state index contributed by atoms with van der Waals surface area (Å²) >= 11 is 0. The predicted molar refractivity (Wildman–Crippen MR) is 57.0 cm³/mol. The van der Waals surface area contributed by atoms with Crippen LogP contribution in [-0.2, 0) is 9.59 Å². The van der Waals surface area contributed by atoms with Gasteiger partial charge >= 0.3 is 0 Å². The SMILES string of the molecule is CNC(=O)C1=C(C(=O)C(C)=N)CNCC1. The van der Waals surface area contributed by atoms with Gasteiger partial charge in [-0.3, -0.25) is 9.59 Å². The summed E-state index contributed by atoms with van der Waals surface area (Å²) in [6.07, 6.45) is 0.536. The Bertz CT molecular complexity index is 345. The topological polar surface area (TPSA) is 82.1 Å². The van der Waals surface area contributed by atoms with Crippen LogP contribution >= 0.6 is 0 Å². The lowest BCUT2D eigenvalue weighted by Crippen LogP contribution is -2.35. The van der Waals surface area contributed by atoms with Crippen LogP contribution in [0.1, 0.15) is 13.3 Å². The van der Waals surface area contributed by atoms with Gasteiger partial charge < -0.3 is 16.0 Å². The van der Waals surface area contributed by atoms with Crippen LogP contribution in [-0.4, -0.2) is 37.5 Å². The summed E-state index contributed by atoms with van der Waals surface area (Å²) in [4.78, 5) is 23.1. The van der Waals surface area contributed by atoms with Crippen molar-refractivity contribution in [2.45, 2.75) is 13.3 Å². The van der Waals surface area contributed by atoms with Crippen molar-refractivity contribution in [2.24, 2.45) is 0 Å². The minimum atomic E-state index is -0.346. The molecule has 0 fully saturated rings. The van der Waals surface area contributed by atoms with Crippen molar-refractivity contribution in [2.75, 3.05) is 20.1 Å². The fourth-order valence-corrected chi connectivity index (χ4v) is 1.53. The van der Waals surface area contributed by atoms with E-state index in [9.17, 15) is 9.59 Å². The summed E-state index contributed by atoms with van der Waals surface area (Å²) in [5.74, 6) is -0.568. The van der Waals surface area contributed by atoms with E-state index in [1.165, 1.54) is 14.0 Å². The van der Waals surface area contributed by atoms with Crippen molar-refractivity contribution in [3.05, 3.63) is 11.1 Å². The smallest absolute Gasteiger partial charge is 0.247 e. The second-order valence-electron chi connectivity index (χ2n) is 3.42. The highest BCUT2D eigenvalue weighted by atomic mass is 16.2. The van der Waals surface area contributed by atoms with E-state index in [1.807, 2.05) is 0 Å². The monoisotopic (exact) mass is 209 g/mol. The summed E-state index contributed by atoms with van der Waals surface area (Å²) < 4.78 is 0. The Morgan fingerprint density at radius 1 is 1.40 bits per heavy atom. The first kappa shape index (κ1) is 11.6. The van der Waals surface area contributed by atoms with Crippen LogP contribution in [0, 0.1) is 5.41 Å². The Morgan fingerprint density at radius 2 is 2.07 bits per heavy atom. The van der Waals surface area contributed by atoms with Crippen LogP contribution in [0.5, 0.6) is 0 Å². The number of likely N-dealkylation sites (N-methyl/N-ethyl adjacent to an activating group) is 1. The highest BCUT2D eigenvalue weighted by Crippen LogP contribution is 2.14. The molecule has 5 heteroatoms. The van der Waals surface area contributed by atoms with Crippen LogP contribution in [0.25, 0.3) is 0 Å². The molecule has 1 heterocycles. The molecule has 0 saturated carbocycles. The quantitative estimate of drug-likeness (QED) is 0.555. The Morgan fingerprint density at radius 3 is 2.60 bits per heavy atom. The van der Waals surface area contributed by atoms with Crippen LogP contribution in [0.2, 0.25) is 0 Å². The van der Waals surface area contributed by atoms with Crippen molar-refractivity contribution in [3.63, 3.8) is 0 Å². The normalized spacial score (nSPS) is 16.1. The standard InChI is InChI=1S/C10H15N3O2/c1-6(11)9(14)8-5-13-4-3-7(8)10(15)12-2/h11,13H,3-5H2,1-2H3,(H,12,15). The lowest BCUT2D eigenvalue weighted by molar-refractivity contribution is -0.118. The summed E-state index contributed by atoms with van der Waals surface area (Å²) in [6, 6.07) is 0. The van der Waals surface area contributed by atoms with Gasteiger partial charge in [-0.1, -0.05) is 0 Å². The molecule has 0 aliphatic carbocycles. The Labute approximate surface area is 88.4 Å². The van der Waals surface area contributed by atoms with Crippen molar-refractivity contribution in [1.82, 2.24) is 10.6 Å². The van der Waals surface area contributed by atoms with Crippen molar-refractivity contribution < 1.29 is 9.59 Å². The third kappa shape index (κ3) is 2.50. The van der Waals surface area contributed by atoms with E-state index < -0.39 is 0 Å². The average Bonchev–Trinajstić information content (AvgIpc) is 2.27. The first-order chi connectivity index (χ1) is 7.07. The van der Waals surface area contributed by atoms with Gasteiger partial charge in [-0.25, -0.2) is 0 Å². The maximum Gasteiger partial charge on any atom is 0.247 e. The van der Waals surface area contributed by atoms with Gasteiger partial charge in [0.2, 0.25) is 11.7 Å². The zero-order valence-electron chi connectivity index (χ0n) is 8.94. The minimum Gasteiger partial charge on any atom is -0.355 e. The third-order valence-corrected chi connectivity index (χ3v) is 2.33. The van der Waals surface area contributed by atoms with Crippen LogP contribution < -0.4 is 10.6 Å². The number of ketones is 1. The second-order valence-corrected chi connectivity index (χ2v) is 3.42. The molecule has 1 rings (SSSR count). The van der Waals surface area contributed by atoms with E-state index in [1.54, 1.807) is 0 Å². The molecule has 0 spiro atoms. The van der Waals surface area contributed by atoms with E-state index in [2.05, 4.69) is 10.6 Å². The molecule has 0 aromatic rings. The zero-order chi connectivity index (χ0) is 11.4. The first-order valence-corrected chi connectivity index (χ1v) is 4.82. The Hall–Kier alpha value is -1.49. The van der Waals surface area contributed by atoms with Crippen molar-refractivity contribution in [1.29, 1.82) is 5.41 Å². The molecule has 15 heavy (non-hydrogen) atoms. The molecule has 1 amide bonds. The summed E-state index contributed by atoms with van der Waals surface area (Å²) in [5.41, 5.74) is 0.899. The van der Waals surface area contributed by atoms with Crippen LogP contribution in [0.3, 0.4) is 0 Å². The predicted octanol–water partition coefficient (Wildman–Crippen LogP) is -0.369. The molecular weight excluding hydrogens is 194 g/mol. The molecule has 82 valence electrons. The van der Waals surface area contributed by atoms with Gasteiger partial charge in [0.05, 0.1) is 5.71 Å². The number of carbonyl (C=O) groups excluding carboxylic acids is 2. The number of hydrogen-bond acceptors (Lipinski definition) is 4. The molecule has 0 unspecified atom stereocenters. The van der Waals surface area contributed by atoms with E-state index in [4.69, 9.17) is 5.41 Å². The van der Waals surface area contributed by atoms with E-state index in [0.717, 1.165) is 0 Å². The fourth-order valence-electron chi connectivity index (χ4n) is 1.53. The third-order valence-electron chi connectivity index (χ3n) is 2.33. The summed E-state index contributed by atoms with van der Waals surface area (Å²) in [7, 11) is 1.54. The zero-order valence-corrected chi connectivity index (χ0v) is 8.94. The lowest BCUT2D eigenvalue weighted by Gasteiger charge is -2.19. The summed E-state index contributed by atoms with van der Waals surface area (Å²) in [5, 5.41) is 12.8. The van der Waals surface area contributed by atoms with Gasteiger partial charge in [-0.2, -0.15) is 0 Å². The number of nitrogens with one attached hydrogen (secondary N) is 3. The molecule has 0 atom stereocenters. The number of rotatable bonds is 3. The number of amides is 1. The second kappa shape index (κ2) is 4.84. The van der Waals surface area contributed by atoms with Gasteiger partial charge in [0, 0.05) is 24.7 Å².